The van der Waals surface area contributed by atoms with Crippen molar-refractivity contribution < 1.29 is 4.52 Å². The monoisotopic (exact) mass is 312 g/mol. The summed E-state index contributed by atoms with van der Waals surface area (Å²) >= 11 is 0. The van der Waals surface area contributed by atoms with Crippen molar-refractivity contribution >= 4 is 0 Å². The molecule has 5 heteroatoms. The highest BCUT2D eigenvalue weighted by Gasteiger charge is 2.32. The number of benzene rings is 1. The van der Waals surface area contributed by atoms with Gasteiger partial charge in [0.1, 0.15) is 0 Å². The largest absolute Gasteiger partial charge is 0.334 e. The fourth-order valence-electron chi connectivity index (χ4n) is 3.52. The number of hydrogen-bond acceptors (Lipinski definition) is 5. The van der Waals surface area contributed by atoms with Crippen LogP contribution in [0, 0.1) is 6.92 Å². The van der Waals surface area contributed by atoms with Crippen molar-refractivity contribution in [3.05, 3.63) is 35.7 Å². The van der Waals surface area contributed by atoms with E-state index in [0.29, 0.717) is 5.89 Å². The maximum absolute atomic E-state index is 5.41. The van der Waals surface area contributed by atoms with E-state index in [0.717, 1.165) is 37.1 Å². The first kappa shape index (κ1) is 14.8. The summed E-state index contributed by atoms with van der Waals surface area (Å²) in [4.78, 5) is 9.59. The molecule has 1 aromatic carbocycles. The molecule has 0 spiro atoms. The Kier molecular flexibility index (Phi) is 4.14. The van der Waals surface area contributed by atoms with E-state index in [9.17, 15) is 0 Å². The Bertz CT molecular complexity index is 639. The molecule has 4 rings (SSSR count). The van der Waals surface area contributed by atoms with E-state index in [1.54, 1.807) is 0 Å². The molecule has 3 heterocycles. The van der Waals surface area contributed by atoms with Crippen LogP contribution in [0.3, 0.4) is 0 Å². The molecule has 1 aromatic heterocycles. The third-order valence-corrected chi connectivity index (χ3v) is 4.98. The van der Waals surface area contributed by atoms with Crippen molar-refractivity contribution in [2.75, 3.05) is 26.2 Å². The Labute approximate surface area is 137 Å². The minimum Gasteiger partial charge on any atom is -0.334 e. The molecule has 0 aliphatic carbocycles. The Balaban J connectivity index is 1.31. The molecule has 0 amide bonds. The molecule has 2 fully saturated rings. The van der Waals surface area contributed by atoms with Crippen molar-refractivity contribution in [2.24, 2.45) is 0 Å². The summed E-state index contributed by atoms with van der Waals surface area (Å²) in [6, 6.07) is 8.93. The number of aromatic nitrogens is 2. The number of piperidine rings is 1. The van der Waals surface area contributed by atoms with Crippen LogP contribution in [0.1, 0.15) is 30.7 Å². The maximum atomic E-state index is 5.41. The summed E-state index contributed by atoms with van der Waals surface area (Å²) in [6.45, 7) is 7.69. The highest BCUT2D eigenvalue weighted by atomic mass is 16.5. The van der Waals surface area contributed by atoms with Crippen LogP contribution in [0.2, 0.25) is 0 Å². The topological polar surface area (TPSA) is 45.4 Å². The van der Waals surface area contributed by atoms with Gasteiger partial charge in [0.2, 0.25) is 0 Å². The van der Waals surface area contributed by atoms with Crippen LogP contribution in [0.15, 0.2) is 28.8 Å². The van der Waals surface area contributed by atoms with Crippen molar-refractivity contribution in [2.45, 2.75) is 38.8 Å². The number of nitrogens with zero attached hydrogens (tertiary/aromatic N) is 4. The van der Waals surface area contributed by atoms with Gasteiger partial charge in [-0.25, -0.2) is 0 Å². The number of rotatable bonds is 4. The average Bonchev–Trinajstić information content (AvgIpc) is 3.01. The van der Waals surface area contributed by atoms with E-state index in [2.05, 4.69) is 39.0 Å². The molecule has 2 aromatic rings. The molecule has 0 unspecified atom stereocenters. The molecule has 0 N–H and O–H groups in total. The van der Waals surface area contributed by atoms with Crippen molar-refractivity contribution in [3.8, 4) is 11.5 Å². The third-order valence-electron chi connectivity index (χ3n) is 4.98. The minimum atomic E-state index is 0.619. The fraction of sp³-hybridized carbons (Fsp3) is 0.556. The van der Waals surface area contributed by atoms with Gasteiger partial charge in [-0.15, -0.1) is 0 Å². The number of aryl methyl sites for hydroxylation is 1. The van der Waals surface area contributed by atoms with Crippen LogP contribution in [0.4, 0.5) is 0 Å². The van der Waals surface area contributed by atoms with Crippen LogP contribution in [0.5, 0.6) is 0 Å². The molecule has 5 nitrogen and oxygen atoms in total. The zero-order valence-corrected chi connectivity index (χ0v) is 13.7. The molecule has 0 radical (unpaired) electrons. The van der Waals surface area contributed by atoms with E-state index in [1.165, 1.54) is 37.9 Å². The molecular formula is C18H24N4O. The molecule has 122 valence electrons. The summed E-state index contributed by atoms with van der Waals surface area (Å²) < 4.78 is 5.41. The lowest BCUT2D eigenvalue weighted by molar-refractivity contribution is 0.0168. The second-order valence-electron chi connectivity index (χ2n) is 6.83. The molecule has 2 aliphatic rings. The number of likely N-dealkylation sites (tertiary alicyclic amines) is 2. The summed E-state index contributed by atoms with van der Waals surface area (Å²) in [5.41, 5.74) is 2.22. The second-order valence-corrected chi connectivity index (χ2v) is 6.83. The first-order valence-electron chi connectivity index (χ1n) is 8.64. The summed E-state index contributed by atoms with van der Waals surface area (Å²) in [7, 11) is 0. The lowest BCUT2D eigenvalue weighted by Crippen LogP contribution is -2.59. The first-order valence-corrected chi connectivity index (χ1v) is 8.64. The lowest BCUT2D eigenvalue weighted by Gasteiger charge is -2.46. The highest BCUT2D eigenvalue weighted by molar-refractivity contribution is 5.53. The standard InChI is InChI=1S/C18H24N4O/c1-14-5-7-15(8-6-14)18-19-17(20-23-18)13-21-11-16(12-21)22-9-3-2-4-10-22/h5-8,16H,2-4,9-13H2,1H3. The van der Waals surface area contributed by atoms with E-state index >= 15 is 0 Å². The molecule has 0 saturated carbocycles. The summed E-state index contributed by atoms with van der Waals surface area (Å²) in [5.74, 6) is 1.41. The van der Waals surface area contributed by atoms with Gasteiger partial charge in [-0.05, 0) is 45.0 Å². The Morgan fingerprint density at radius 3 is 2.57 bits per heavy atom. The fourth-order valence-corrected chi connectivity index (χ4v) is 3.52. The minimum absolute atomic E-state index is 0.619. The van der Waals surface area contributed by atoms with Gasteiger partial charge in [-0.3, -0.25) is 9.80 Å². The lowest BCUT2D eigenvalue weighted by atomic mass is 10.0. The van der Waals surface area contributed by atoms with Crippen LogP contribution >= 0.6 is 0 Å². The summed E-state index contributed by atoms with van der Waals surface area (Å²) in [5, 5.41) is 4.13. The van der Waals surface area contributed by atoms with Gasteiger partial charge in [0.25, 0.3) is 5.89 Å². The molecule has 0 atom stereocenters. The van der Waals surface area contributed by atoms with Gasteiger partial charge in [0.05, 0.1) is 6.54 Å². The summed E-state index contributed by atoms with van der Waals surface area (Å²) in [6.07, 6.45) is 4.13. The maximum Gasteiger partial charge on any atom is 0.257 e. The SMILES string of the molecule is Cc1ccc(-c2nc(CN3CC(N4CCCCC4)C3)no2)cc1. The van der Waals surface area contributed by atoms with Gasteiger partial charge in [0, 0.05) is 24.7 Å². The first-order chi connectivity index (χ1) is 11.3. The predicted molar refractivity (Wildman–Crippen MR) is 89.0 cm³/mol. The van der Waals surface area contributed by atoms with Crippen LogP contribution in [0.25, 0.3) is 11.5 Å². The van der Waals surface area contributed by atoms with Gasteiger partial charge in [0.15, 0.2) is 5.82 Å². The predicted octanol–water partition coefficient (Wildman–Crippen LogP) is 2.72. The van der Waals surface area contributed by atoms with Gasteiger partial charge >= 0.3 is 0 Å². The Hall–Kier alpha value is -1.72. The normalized spacial score (nSPS) is 20.6. The van der Waals surface area contributed by atoms with Crippen LogP contribution < -0.4 is 0 Å². The molecule has 23 heavy (non-hydrogen) atoms. The van der Waals surface area contributed by atoms with Gasteiger partial charge in [-0.1, -0.05) is 29.3 Å². The van der Waals surface area contributed by atoms with E-state index in [4.69, 9.17) is 4.52 Å². The quantitative estimate of drug-likeness (QED) is 0.868. The van der Waals surface area contributed by atoms with Crippen LogP contribution in [-0.2, 0) is 6.54 Å². The molecule has 2 saturated heterocycles. The van der Waals surface area contributed by atoms with Crippen molar-refractivity contribution in [1.29, 1.82) is 0 Å². The van der Waals surface area contributed by atoms with E-state index in [1.807, 2.05) is 12.1 Å². The van der Waals surface area contributed by atoms with Gasteiger partial charge < -0.3 is 4.52 Å². The molecule has 2 aliphatic heterocycles. The van der Waals surface area contributed by atoms with E-state index in [-0.39, 0.29) is 0 Å². The zero-order valence-electron chi connectivity index (χ0n) is 13.7. The van der Waals surface area contributed by atoms with Crippen molar-refractivity contribution in [3.63, 3.8) is 0 Å². The van der Waals surface area contributed by atoms with Gasteiger partial charge in [-0.2, -0.15) is 4.98 Å². The number of hydrogen-bond donors (Lipinski definition) is 0. The van der Waals surface area contributed by atoms with E-state index < -0.39 is 0 Å². The highest BCUT2D eigenvalue weighted by Crippen LogP contribution is 2.22. The second kappa shape index (κ2) is 6.42. The third kappa shape index (κ3) is 3.31. The smallest absolute Gasteiger partial charge is 0.257 e. The molecular weight excluding hydrogens is 288 g/mol. The average molecular weight is 312 g/mol. The van der Waals surface area contributed by atoms with Crippen LogP contribution in [-0.4, -0.2) is 52.2 Å². The Morgan fingerprint density at radius 1 is 1.09 bits per heavy atom. The van der Waals surface area contributed by atoms with Crippen molar-refractivity contribution in [1.82, 2.24) is 19.9 Å². The zero-order chi connectivity index (χ0) is 15.6. The molecule has 0 bridgehead atoms. The Morgan fingerprint density at radius 2 is 1.83 bits per heavy atom.